The summed E-state index contributed by atoms with van der Waals surface area (Å²) in [6.45, 7) is 12.0. The average molecular weight is 273 g/mol. The minimum Gasteiger partial charge on any atom is -0.313 e. The van der Waals surface area contributed by atoms with Crippen molar-refractivity contribution in [3.8, 4) is 0 Å². The molecule has 1 saturated heterocycles. The first-order valence-corrected chi connectivity index (χ1v) is 8.93. The van der Waals surface area contributed by atoms with Gasteiger partial charge in [-0.15, -0.1) is 0 Å². The van der Waals surface area contributed by atoms with Crippen LogP contribution in [0, 0.1) is 0 Å². The molecular formula is C15H32N2S. The van der Waals surface area contributed by atoms with Gasteiger partial charge in [0.25, 0.3) is 0 Å². The monoisotopic (exact) mass is 272 g/mol. The third kappa shape index (κ3) is 4.75. The maximum Gasteiger partial charge on any atom is 0.0279 e. The van der Waals surface area contributed by atoms with Crippen molar-refractivity contribution in [2.24, 2.45) is 0 Å². The molecule has 0 spiro atoms. The second-order valence-corrected chi connectivity index (χ2v) is 6.90. The summed E-state index contributed by atoms with van der Waals surface area (Å²) in [4.78, 5) is 2.71. The lowest BCUT2D eigenvalue weighted by Gasteiger charge is -2.36. The Morgan fingerprint density at radius 3 is 2.56 bits per heavy atom. The summed E-state index contributed by atoms with van der Waals surface area (Å²) < 4.78 is 0.473. The molecule has 2 nitrogen and oxygen atoms in total. The molecule has 0 aromatic rings. The fourth-order valence-corrected chi connectivity index (χ4v) is 3.89. The van der Waals surface area contributed by atoms with E-state index in [0.29, 0.717) is 10.8 Å². The smallest absolute Gasteiger partial charge is 0.0279 e. The second-order valence-electron chi connectivity index (χ2n) is 5.62. The van der Waals surface area contributed by atoms with E-state index in [1.54, 1.807) is 0 Å². The maximum atomic E-state index is 3.70. The van der Waals surface area contributed by atoms with Crippen molar-refractivity contribution in [2.75, 3.05) is 32.4 Å². The van der Waals surface area contributed by atoms with Crippen LogP contribution in [-0.4, -0.2) is 48.1 Å². The van der Waals surface area contributed by atoms with E-state index >= 15 is 0 Å². The maximum absolute atomic E-state index is 3.70. The molecule has 3 heteroatoms. The summed E-state index contributed by atoms with van der Waals surface area (Å²) in [6.07, 6.45) is 8.77. The van der Waals surface area contributed by atoms with Crippen LogP contribution in [0.5, 0.6) is 0 Å². The highest BCUT2D eigenvalue weighted by Gasteiger charge is 2.29. The molecule has 1 aliphatic heterocycles. The molecule has 18 heavy (non-hydrogen) atoms. The Hall–Kier alpha value is 0.270. The van der Waals surface area contributed by atoms with Crippen molar-refractivity contribution in [2.45, 2.75) is 63.7 Å². The van der Waals surface area contributed by atoms with Crippen molar-refractivity contribution in [3.63, 3.8) is 0 Å². The minimum absolute atomic E-state index is 0.473. The molecule has 0 bridgehead atoms. The van der Waals surface area contributed by atoms with Crippen molar-refractivity contribution >= 4 is 11.8 Å². The van der Waals surface area contributed by atoms with Gasteiger partial charge in [-0.1, -0.05) is 27.2 Å². The molecule has 1 atom stereocenters. The number of nitrogens with zero attached hydrogens (tertiary/aromatic N) is 1. The van der Waals surface area contributed by atoms with Crippen LogP contribution in [0.2, 0.25) is 0 Å². The average Bonchev–Trinajstić information content (AvgIpc) is 2.62. The zero-order valence-electron chi connectivity index (χ0n) is 12.8. The molecule has 1 fully saturated rings. The van der Waals surface area contributed by atoms with Crippen LogP contribution in [0.15, 0.2) is 0 Å². The van der Waals surface area contributed by atoms with Crippen LogP contribution < -0.4 is 5.32 Å². The third-order valence-corrected chi connectivity index (χ3v) is 6.01. The first-order chi connectivity index (χ1) is 8.69. The molecule has 1 heterocycles. The second kappa shape index (κ2) is 8.44. The predicted octanol–water partition coefficient (Wildman–Crippen LogP) is 3.37. The SMILES string of the molecule is CCCC1CN(CC(CC)(CC)SC)CCCN1. The Labute approximate surface area is 118 Å². The van der Waals surface area contributed by atoms with E-state index in [2.05, 4.69) is 49.0 Å². The molecule has 1 N–H and O–H groups in total. The van der Waals surface area contributed by atoms with E-state index in [4.69, 9.17) is 0 Å². The molecular weight excluding hydrogens is 240 g/mol. The van der Waals surface area contributed by atoms with Gasteiger partial charge in [-0.25, -0.2) is 0 Å². The van der Waals surface area contributed by atoms with Gasteiger partial charge >= 0.3 is 0 Å². The summed E-state index contributed by atoms with van der Waals surface area (Å²) in [6, 6.07) is 0.714. The van der Waals surface area contributed by atoms with E-state index in [1.165, 1.54) is 58.3 Å². The lowest BCUT2D eigenvalue weighted by atomic mass is 10.0. The Kier molecular flexibility index (Phi) is 7.66. The topological polar surface area (TPSA) is 15.3 Å². The first kappa shape index (κ1) is 16.3. The molecule has 0 aromatic heterocycles. The zero-order chi connectivity index (χ0) is 13.4. The van der Waals surface area contributed by atoms with Gasteiger partial charge in [0, 0.05) is 23.9 Å². The van der Waals surface area contributed by atoms with Gasteiger partial charge in [0.1, 0.15) is 0 Å². The minimum atomic E-state index is 0.473. The molecule has 108 valence electrons. The van der Waals surface area contributed by atoms with E-state index in [0.717, 1.165) is 0 Å². The highest BCUT2D eigenvalue weighted by Crippen LogP contribution is 2.31. The number of nitrogens with one attached hydrogen (secondary N) is 1. The van der Waals surface area contributed by atoms with Crippen LogP contribution in [0.1, 0.15) is 52.9 Å². The predicted molar refractivity (Wildman–Crippen MR) is 84.6 cm³/mol. The summed E-state index contributed by atoms with van der Waals surface area (Å²) in [5.74, 6) is 0. The standard InChI is InChI=1S/C15H32N2S/c1-5-9-14-12-17(11-8-10-16-14)13-15(6-2,7-3)18-4/h14,16H,5-13H2,1-4H3. The molecule has 0 radical (unpaired) electrons. The molecule has 0 amide bonds. The van der Waals surface area contributed by atoms with Crippen LogP contribution in [0.4, 0.5) is 0 Å². The Balaban J connectivity index is 2.57. The molecule has 0 saturated carbocycles. The molecule has 0 aliphatic carbocycles. The fraction of sp³-hybridized carbons (Fsp3) is 1.00. The highest BCUT2D eigenvalue weighted by atomic mass is 32.2. The van der Waals surface area contributed by atoms with Crippen LogP contribution in [-0.2, 0) is 0 Å². The normalized spacial score (nSPS) is 23.0. The Morgan fingerprint density at radius 2 is 2.00 bits per heavy atom. The number of thioether (sulfide) groups is 1. The largest absolute Gasteiger partial charge is 0.313 e. The van der Waals surface area contributed by atoms with Crippen molar-refractivity contribution < 1.29 is 0 Å². The van der Waals surface area contributed by atoms with Gasteiger partial charge in [-0.2, -0.15) is 11.8 Å². The summed E-state index contributed by atoms with van der Waals surface area (Å²) in [5, 5.41) is 3.70. The van der Waals surface area contributed by atoms with Gasteiger partial charge in [0.15, 0.2) is 0 Å². The van der Waals surface area contributed by atoms with Gasteiger partial charge in [-0.05, 0) is 45.0 Å². The van der Waals surface area contributed by atoms with Gasteiger partial charge in [0.2, 0.25) is 0 Å². The number of rotatable bonds is 7. The summed E-state index contributed by atoms with van der Waals surface area (Å²) in [7, 11) is 0. The Bertz CT molecular complexity index is 208. The van der Waals surface area contributed by atoms with Crippen LogP contribution in [0.3, 0.4) is 0 Å². The Morgan fingerprint density at radius 1 is 1.28 bits per heavy atom. The summed E-state index contributed by atoms with van der Waals surface area (Å²) >= 11 is 2.07. The van der Waals surface area contributed by atoms with Crippen molar-refractivity contribution in [1.82, 2.24) is 10.2 Å². The van der Waals surface area contributed by atoms with Gasteiger partial charge in [-0.3, -0.25) is 0 Å². The number of hydrogen-bond acceptors (Lipinski definition) is 3. The third-order valence-electron chi connectivity index (χ3n) is 4.43. The van der Waals surface area contributed by atoms with Gasteiger partial charge < -0.3 is 10.2 Å². The van der Waals surface area contributed by atoms with Crippen molar-refractivity contribution in [3.05, 3.63) is 0 Å². The van der Waals surface area contributed by atoms with Gasteiger partial charge in [0.05, 0.1) is 0 Å². The lowest BCUT2D eigenvalue weighted by Crippen LogP contribution is -2.44. The highest BCUT2D eigenvalue weighted by molar-refractivity contribution is 8.00. The van der Waals surface area contributed by atoms with E-state index in [-0.39, 0.29) is 0 Å². The van der Waals surface area contributed by atoms with Crippen LogP contribution >= 0.6 is 11.8 Å². The van der Waals surface area contributed by atoms with E-state index in [1.807, 2.05) is 0 Å². The molecule has 1 rings (SSSR count). The van der Waals surface area contributed by atoms with Crippen molar-refractivity contribution in [1.29, 1.82) is 0 Å². The van der Waals surface area contributed by atoms with E-state index in [9.17, 15) is 0 Å². The lowest BCUT2D eigenvalue weighted by molar-refractivity contribution is 0.231. The zero-order valence-corrected chi connectivity index (χ0v) is 13.6. The number of hydrogen-bond donors (Lipinski definition) is 1. The summed E-state index contributed by atoms with van der Waals surface area (Å²) in [5.41, 5.74) is 0. The van der Waals surface area contributed by atoms with Crippen LogP contribution in [0.25, 0.3) is 0 Å². The molecule has 1 aliphatic rings. The molecule has 1 unspecified atom stereocenters. The quantitative estimate of drug-likeness (QED) is 0.765. The first-order valence-electron chi connectivity index (χ1n) is 7.70. The fourth-order valence-electron chi connectivity index (χ4n) is 3.00. The van der Waals surface area contributed by atoms with E-state index < -0.39 is 0 Å². The molecule has 0 aromatic carbocycles.